The number of halogens is 1. The van der Waals surface area contributed by atoms with Crippen molar-refractivity contribution in [3.63, 3.8) is 0 Å². The number of nitrogens with zero attached hydrogens (tertiary/aromatic N) is 3. The summed E-state index contributed by atoms with van der Waals surface area (Å²) in [6, 6.07) is 6.13. The van der Waals surface area contributed by atoms with Crippen LogP contribution in [0.1, 0.15) is 24.7 Å². The monoisotopic (exact) mass is 248 g/mol. The molecule has 1 aromatic heterocycles. The molecule has 1 aliphatic rings. The topological polar surface area (TPSA) is 56.7 Å². The number of aromatic nitrogens is 3. The molecular weight excluding hydrogens is 236 g/mol. The molecule has 2 aromatic rings. The highest BCUT2D eigenvalue weighted by atomic mass is 35.5. The van der Waals surface area contributed by atoms with Crippen molar-refractivity contribution in [1.82, 2.24) is 14.8 Å². The van der Waals surface area contributed by atoms with Gasteiger partial charge in [0.2, 0.25) is 0 Å². The lowest BCUT2D eigenvalue weighted by Gasteiger charge is -2.09. The first kappa shape index (κ1) is 10.6. The molecule has 88 valence electrons. The lowest BCUT2D eigenvalue weighted by molar-refractivity contribution is 0.717. The Labute approximate surface area is 104 Å². The van der Waals surface area contributed by atoms with Gasteiger partial charge in [-0.2, -0.15) is 0 Å². The molecule has 0 aliphatic heterocycles. The summed E-state index contributed by atoms with van der Waals surface area (Å²) in [6.07, 6.45) is 2.37. The van der Waals surface area contributed by atoms with Crippen LogP contribution in [0.4, 0.5) is 5.69 Å². The summed E-state index contributed by atoms with van der Waals surface area (Å²) in [7, 11) is 0. The highest BCUT2D eigenvalue weighted by molar-refractivity contribution is 6.33. The lowest BCUT2D eigenvalue weighted by atomic mass is 10.1. The molecule has 17 heavy (non-hydrogen) atoms. The number of rotatable bonds is 2. The van der Waals surface area contributed by atoms with Crippen LogP contribution in [0, 0.1) is 6.92 Å². The van der Waals surface area contributed by atoms with E-state index in [1.165, 1.54) is 12.8 Å². The zero-order valence-corrected chi connectivity index (χ0v) is 10.3. The normalized spacial score (nSPS) is 15.2. The number of hydrogen-bond donors (Lipinski definition) is 1. The molecule has 1 heterocycles. The second kappa shape index (κ2) is 3.74. The van der Waals surface area contributed by atoms with Gasteiger partial charge in [-0.1, -0.05) is 17.7 Å². The molecule has 0 bridgehead atoms. The molecule has 1 aromatic carbocycles. The first-order chi connectivity index (χ1) is 8.18. The molecule has 1 aliphatic carbocycles. The predicted molar refractivity (Wildman–Crippen MR) is 67.9 cm³/mol. The molecule has 4 nitrogen and oxygen atoms in total. The Morgan fingerprint density at radius 1 is 1.35 bits per heavy atom. The Morgan fingerprint density at radius 3 is 2.82 bits per heavy atom. The van der Waals surface area contributed by atoms with Crippen LogP contribution in [0.5, 0.6) is 0 Å². The van der Waals surface area contributed by atoms with E-state index in [0.717, 1.165) is 17.2 Å². The van der Waals surface area contributed by atoms with Gasteiger partial charge in [0.1, 0.15) is 5.82 Å². The van der Waals surface area contributed by atoms with Crippen molar-refractivity contribution in [2.45, 2.75) is 25.8 Å². The second-order valence-electron chi connectivity index (χ2n) is 4.37. The van der Waals surface area contributed by atoms with E-state index < -0.39 is 0 Å². The number of hydrogen-bond acceptors (Lipinski definition) is 3. The number of para-hydroxylation sites is 1. The summed E-state index contributed by atoms with van der Waals surface area (Å²) in [5, 5.41) is 8.92. The largest absolute Gasteiger partial charge is 0.397 e. The van der Waals surface area contributed by atoms with Gasteiger partial charge >= 0.3 is 0 Å². The number of benzene rings is 1. The van der Waals surface area contributed by atoms with E-state index in [9.17, 15) is 0 Å². The van der Waals surface area contributed by atoms with Gasteiger partial charge < -0.3 is 10.3 Å². The summed E-state index contributed by atoms with van der Waals surface area (Å²) >= 11 is 6.04. The lowest BCUT2D eigenvalue weighted by Crippen LogP contribution is -2.02. The molecule has 1 saturated carbocycles. The molecular formula is C12H13ClN4. The molecule has 0 unspecified atom stereocenters. The zero-order chi connectivity index (χ0) is 12.0. The standard InChI is InChI=1S/C12H13ClN4/c1-7-15-16-12(17(7)8-5-6-8)9-3-2-4-10(13)11(9)14/h2-4,8H,5-6,14H2,1H3. The van der Waals surface area contributed by atoms with E-state index in [0.29, 0.717) is 16.8 Å². The van der Waals surface area contributed by atoms with Crippen LogP contribution in [0.2, 0.25) is 5.02 Å². The van der Waals surface area contributed by atoms with Crippen molar-refractivity contribution >= 4 is 17.3 Å². The smallest absolute Gasteiger partial charge is 0.166 e. The van der Waals surface area contributed by atoms with Crippen molar-refractivity contribution in [1.29, 1.82) is 0 Å². The van der Waals surface area contributed by atoms with Crippen LogP contribution in [-0.4, -0.2) is 14.8 Å². The number of nitrogens with two attached hydrogens (primary N) is 1. The minimum atomic E-state index is 0.526. The van der Waals surface area contributed by atoms with E-state index in [2.05, 4.69) is 14.8 Å². The summed E-state index contributed by atoms with van der Waals surface area (Å²) in [4.78, 5) is 0. The van der Waals surface area contributed by atoms with Gasteiger partial charge in [-0.3, -0.25) is 0 Å². The Bertz CT molecular complexity index is 572. The highest BCUT2D eigenvalue weighted by Gasteiger charge is 2.29. The maximum atomic E-state index is 6.04. The Balaban J connectivity index is 2.18. The first-order valence-corrected chi connectivity index (χ1v) is 6.02. The van der Waals surface area contributed by atoms with E-state index in [-0.39, 0.29) is 0 Å². The average molecular weight is 249 g/mol. The van der Waals surface area contributed by atoms with Crippen molar-refractivity contribution in [3.05, 3.63) is 29.0 Å². The van der Waals surface area contributed by atoms with Gasteiger partial charge in [0.05, 0.1) is 10.7 Å². The molecule has 1 fully saturated rings. The maximum absolute atomic E-state index is 6.04. The van der Waals surface area contributed by atoms with Crippen LogP contribution in [0.25, 0.3) is 11.4 Å². The molecule has 0 saturated heterocycles. The van der Waals surface area contributed by atoms with Crippen molar-refractivity contribution < 1.29 is 0 Å². The van der Waals surface area contributed by atoms with E-state index >= 15 is 0 Å². The van der Waals surface area contributed by atoms with Gasteiger partial charge in [-0.05, 0) is 31.9 Å². The SMILES string of the molecule is Cc1nnc(-c2cccc(Cl)c2N)n1C1CC1. The second-order valence-corrected chi connectivity index (χ2v) is 4.78. The van der Waals surface area contributed by atoms with Crippen molar-refractivity contribution in [3.8, 4) is 11.4 Å². The third kappa shape index (κ3) is 1.69. The Morgan fingerprint density at radius 2 is 2.12 bits per heavy atom. The minimum absolute atomic E-state index is 0.526. The quantitative estimate of drug-likeness (QED) is 0.832. The number of aryl methyl sites for hydroxylation is 1. The molecule has 0 atom stereocenters. The van der Waals surface area contributed by atoms with Crippen LogP contribution < -0.4 is 5.73 Å². The van der Waals surface area contributed by atoms with Gasteiger partial charge in [0.15, 0.2) is 5.82 Å². The van der Waals surface area contributed by atoms with Crippen LogP contribution >= 0.6 is 11.6 Å². The number of nitrogen functional groups attached to an aromatic ring is 1. The van der Waals surface area contributed by atoms with Gasteiger partial charge in [0, 0.05) is 11.6 Å². The van der Waals surface area contributed by atoms with E-state index in [1.807, 2.05) is 19.1 Å². The van der Waals surface area contributed by atoms with Gasteiger partial charge in [-0.15, -0.1) is 10.2 Å². The van der Waals surface area contributed by atoms with Gasteiger partial charge in [0.25, 0.3) is 0 Å². The first-order valence-electron chi connectivity index (χ1n) is 5.64. The van der Waals surface area contributed by atoms with Crippen molar-refractivity contribution in [2.75, 3.05) is 5.73 Å². The molecule has 0 amide bonds. The minimum Gasteiger partial charge on any atom is -0.397 e. The maximum Gasteiger partial charge on any atom is 0.166 e. The van der Waals surface area contributed by atoms with Gasteiger partial charge in [-0.25, -0.2) is 0 Å². The van der Waals surface area contributed by atoms with Crippen LogP contribution in [0.3, 0.4) is 0 Å². The summed E-state index contributed by atoms with van der Waals surface area (Å²) in [5.74, 6) is 1.76. The van der Waals surface area contributed by atoms with E-state index in [1.54, 1.807) is 6.07 Å². The zero-order valence-electron chi connectivity index (χ0n) is 9.52. The third-order valence-electron chi connectivity index (χ3n) is 3.07. The molecule has 0 radical (unpaired) electrons. The highest BCUT2D eigenvalue weighted by Crippen LogP contribution is 2.40. The van der Waals surface area contributed by atoms with E-state index in [4.69, 9.17) is 17.3 Å². The fourth-order valence-corrected chi connectivity index (χ4v) is 2.23. The average Bonchev–Trinajstić information content (AvgIpc) is 3.07. The molecule has 3 rings (SSSR count). The van der Waals surface area contributed by atoms with Crippen LogP contribution in [-0.2, 0) is 0 Å². The Kier molecular flexibility index (Phi) is 2.33. The third-order valence-corrected chi connectivity index (χ3v) is 3.40. The summed E-state index contributed by atoms with van der Waals surface area (Å²) in [6.45, 7) is 1.97. The summed E-state index contributed by atoms with van der Waals surface area (Å²) in [5.41, 5.74) is 7.44. The molecule has 0 spiro atoms. The fraction of sp³-hybridized carbons (Fsp3) is 0.333. The van der Waals surface area contributed by atoms with Crippen LogP contribution in [0.15, 0.2) is 18.2 Å². The summed E-state index contributed by atoms with van der Waals surface area (Å²) < 4.78 is 2.15. The Hall–Kier alpha value is -1.55. The fourth-order valence-electron chi connectivity index (χ4n) is 2.05. The number of anilines is 1. The van der Waals surface area contributed by atoms with Crippen molar-refractivity contribution in [2.24, 2.45) is 0 Å². The molecule has 2 N–H and O–H groups in total. The molecule has 5 heteroatoms. The predicted octanol–water partition coefficient (Wildman–Crippen LogP) is 2.82.